The number of ether oxygens (including phenoxy) is 3. The number of carbonyl (C=O) groups is 4. The molecule has 0 radical (unpaired) electrons. The summed E-state index contributed by atoms with van der Waals surface area (Å²) in [7, 11) is -2.29. The van der Waals surface area contributed by atoms with E-state index in [0.717, 1.165) is 12.8 Å². The predicted molar refractivity (Wildman–Crippen MR) is 215 cm³/mol. The van der Waals surface area contributed by atoms with Gasteiger partial charge in [0.05, 0.1) is 53.7 Å². The zero-order valence-electron chi connectivity index (χ0n) is 34.7. The molecule has 3 heterocycles. The van der Waals surface area contributed by atoms with Gasteiger partial charge in [-0.25, -0.2) is 18.4 Å². The van der Waals surface area contributed by atoms with Crippen molar-refractivity contribution in [2.24, 2.45) is 29.1 Å². The first-order valence-electron chi connectivity index (χ1n) is 20.6. The number of amides is 2. The fraction of sp³-hybridized carbons (Fsp3) is 0.674. The molecule has 2 aliphatic carbocycles. The van der Waals surface area contributed by atoms with Crippen molar-refractivity contribution in [1.82, 2.24) is 19.6 Å². The van der Waals surface area contributed by atoms with E-state index in [1.165, 1.54) is 0 Å². The summed E-state index contributed by atoms with van der Waals surface area (Å²) in [6.45, 7) is 13.5. The molecule has 1 aromatic heterocycles. The van der Waals surface area contributed by atoms with Crippen LogP contribution in [0.5, 0.6) is 11.6 Å². The quantitative estimate of drug-likeness (QED) is 0.207. The number of rotatable bonds is 10. The lowest BCUT2D eigenvalue weighted by Gasteiger charge is -2.33. The highest BCUT2D eigenvalue weighted by Crippen LogP contribution is 2.57. The van der Waals surface area contributed by atoms with Crippen LogP contribution in [0.1, 0.15) is 124 Å². The molecule has 2 aromatic rings. The molecule has 2 amide bonds. The Morgan fingerprint density at radius 2 is 1.81 bits per heavy atom. The maximum absolute atomic E-state index is 15.1. The van der Waals surface area contributed by atoms with Crippen molar-refractivity contribution in [2.45, 2.75) is 142 Å². The Balaban J connectivity index is 1.38. The summed E-state index contributed by atoms with van der Waals surface area (Å²) in [5.41, 5.74) is -0.161. The summed E-state index contributed by atoms with van der Waals surface area (Å²) >= 11 is 0. The second-order valence-electron chi connectivity index (χ2n) is 18.1. The minimum absolute atomic E-state index is 0.0417. The van der Waals surface area contributed by atoms with Gasteiger partial charge in [-0.3, -0.25) is 23.9 Å². The lowest BCUT2D eigenvalue weighted by atomic mass is 9.79. The summed E-state index contributed by atoms with van der Waals surface area (Å²) in [6.07, 6.45) is 7.22. The Morgan fingerprint density at radius 1 is 1.07 bits per heavy atom. The van der Waals surface area contributed by atoms with E-state index in [2.05, 4.69) is 11.6 Å². The van der Waals surface area contributed by atoms with Gasteiger partial charge in [0.2, 0.25) is 27.7 Å². The second-order valence-corrected chi connectivity index (χ2v) is 20.1. The highest BCUT2D eigenvalue weighted by atomic mass is 32.2. The number of sulfonamides is 1. The highest BCUT2D eigenvalue weighted by Gasteiger charge is 2.61. The zero-order valence-corrected chi connectivity index (χ0v) is 35.5. The van der Waals surface area contributed by atoms with Crippen molar-refractivity contribution in [2.75, 3.05) is 13.7 Å². The first-order chi connectivity index (χ1) is 26.8. The Labute approximate surface area is 337 Å². The number of allylic oxidation sites excluding steroid dienone is 2. The van der Waals surface area contributed by atoms with E-state index in [-0.39, 0.29) is 67.0 Å². The van der Waals surface area contributed by atoms with Crippen LogP contribution in [0.2, 0.25) is 0 Å². The lowest BCUT2D eigenvalue weighted by molar-refractivity contribution is -0.160. The van der Waals surface area contributed by atoms with Gasteiger partial charge in [-0.2, -0.15) is 0 Å². The van der Waals surface area contributed by atoms with Gasteiger partial charge in [0.25, 0.3) is 0 Å². The minimum Gasteiger partial charge on any atom is -0.497 e. The molecule has 312 valence electrons. The third kappa shape index (κ3) is 9.80. The van der Waals surface area contributed by atoms with Crippen LogP contribution in [0, 0.1) is 29.1 Å². The first kappa shape index (κ1) is 42.5. The predicted octanol–water partition coefficient (Wildman–Crippen LogP) is 6.43. The van der Waals surface area contributed by atoms with E-state index in [1.807, 2.05) is 45.1 Å². The number of aromatic nitrogens is 2. The molecule has 1 aromatic carbocycles. The number of Topliss-reactive ketones (excluding diaryl/α,β-unsaturated/α-hetero) is 1. The van der Waals surface area contributed by atoms with Gasteiger partial charge in [0.15, 0.2) is 5.78 Å². The van der Waals surface area contributed by atoms with Crippen molar-refractivity contribution >= 4 is 44.6 Å². The van der Waals surface area contributed by atoms with Crippen molar-refractivity contribution < 1.29 is 41.8 Å². The summed E-state index contributed by atoms with van der Waals surface area (Å²) in [5.74, 6) is -2.06. The number of carbonyl (C=O) groups excluding carboxylic acids is 4. The number of hydrogen-bond donors (Lipinski definition) is 1. The summed E-state index contributed by atoms with van der Waals surface area (Å²) in [4.78, 5) is 68.5. The van der Waals surface area contributed by atoms with E-state index >= 15 is 4.79 Å². The van der Waals surface area contributed by atoms with Crippen LogP contribution in [0.4, 0.5) is 0 Å². The number of fused-ring (bicyclic) bond motifs is 3. The topological polar surface area (TPSA) is 171 Å². The van der Waals surface area contributed by atoms with Crippen LogP contribution in [0.3, 0.4) is 0 Å². The molecule has 1 N–H and O–H groups in total. The summed E-state index contributed by atoms with van der Waals surface area (Å²) in [6, 6.07) is 4.42. The van der Waals surface area contributed by atoms with Crippen LogP contribution in [0.15, 0.2) is 30.4 Å². The third-order valence-electron chi connectivity index (χ3n) is 12.0. The number of nitrogens with zero attached hydrogens (tertiary/aromatic N) is 3. The van der Waals surface area contributed by atoms with E-state index in [9.17, 15) is 22.8 Å². The average molecular weight is 809 g/mol. The lowest BCUT2D eigenvalue weighted by Crippen LogP contribution is -2.48. The van der Waals surface area contributed by atoms with Crippen LogP contribution in [-0.4, -0.2) is 83.5 Å². The number of benzene rings is 1. The molecule has 13 nitrogen and oxygen atoms in total. The number of esters is 1. The molecule has 0 spiro atoms. The molecule has 1 saturated heterocycles. The fourth-order valence-corrected chi connectivity index (χ4v) is 9.97. The van der Waals surface area contributed by atoms with E-state index in [1.54, 1.807) is 38.8 Å². The Hall–Kier alpha value is -4.07. The molecule has 2 aliphatic heterocycles. The Kier molecular flexibility index (Phi) is 12.4. The van der Waals surface area contributed by atoms with Crippen LogP contribution < -0.4 is 14.2 Å². The molecular weight excluding hydrogens is 749 g/mol. The normalized spacial score (nSPS) is 29.2. The van der Waals surface area contributed by atoms with E-state index in [4.69, 9.17) is 24.2 Å². The molecule has 7 atom stereocenters. The van der Waals surface area contributed by atoms with E-state index < -0.39 is 56.2 Å². The summed E-state index contributed by atoms with van der Waals surface area (Å²) < 4.78 is 46.1. The maximum Gasteiger partial charge on any atom is 0.307 e. The van der Waals surface area contributed by atoms with Gasteiger partial charge >= 0.3 is 5.97 Å². The van der Waals surface area contributed by atoms with Crippen molar-refractivity contribution in [3.8, 4) is 11.6 Å². The molecule has 6 rings (SSSR count). The molecule has 2 saturated carbocycles. The third-order valence-corrected chi connectivity index (χ3v) is 13.8. The molecule has 57 heavy (non-hydrogen) atoms. The van der Waals surface area contributed by atoms with Gasteiger partial charge in [0.1, 0.15) is 23.1 Å². The van der Waals surface area contributed by atoms with Gasteiger partial charge in [-0.15, -0.1) is 0 Å². The molecule has 0 unspecified atom stereocenters. The van der Waals surface area contributed by atoms with Crippen molar-refractivity contribution in [3.05, 3.63) is 36.0 Å². The largest absolute Gasteiger partial charge is 0.497 e. The molecule has 4 aliphatic rings. The fourth-order valence-electron chi connectivity index (χ4n) is 8.59. The van der Waals surface area contributed by atoms with Crippen LogP contribution >= 0.6 is 0 Å². The van der Waals surface area contributed by atoms with Gasteiger partial charge in [-0.1, -0.05) is 46.3 Å². The smallest absolute Gasteiger partial charge is 0.307 e. The number of methoxy groups -OCH3 is 1. The van der Waals surface area contributed by atoms with Crippen molar-refractivity contribution in [3.63, 3.8) is 0 Å². The SMILES string of the molecule is CC[C@@H]1C[C@H](C)CC/C=C\[C@@H]2C[C@@]2(C(=O)NS(=O)(=O)C2CC2)CC(=O)[C@@H]2C[C@@H](Oc3nc4cc(OC)ccc4nc3C(C)C)CN2C(=O)[C@H]1CC(=O)OC(C)(C)C. The number of ketones is 1. The Bertz CT molecular complexity index is 2010. The van der Waals surface area contributed by atoms with Crippen LogP contribution in [0.25, 0.3) is 11.0 Å². The second kappa shape index (κ2) is 16.7. The number of nitrogens with one attached hydrogen (secondary N) is 1. The number of hydrogen-bond acceptors (Lipinski definition) is 11. The highest BCUT2D eigenvalue weighted by molar-refractivity contribution is 7.90. The average Bonchev–Trinajstić information content (AvgIpc) is 4.06. The zero-order chi connectivity index (χ0) is 41.4. The van der Waals surface area contributed by atoms with Crippen molar-refractivity contribution in [1.29, 1.82) is 0 Å². The molecule has 3 fully saturated rings. The van der Waals surface area contributed by atoms with Gasteiger partial charge < -0.3 is 19.1 Å². The Morgan fingerprint density at radius 3 is 2.46 bits per heavy atom. The standard InChI is InChI=1S/C43H60N4O9S/c1-9-27-18-26(4)12-10-11-13-28-22-43(28,41(51)46-57(52,53)31-15-16-31)23-36(48)35-20-30(24-47(35)40(50)32(27)21-37(49)56-42(5,6)7)55-39-38(25(2)3)44-33-17-14-29(54-8)19-34(33)45-39/h11,13-14,17,19,25-28,30-32,35H,9-10,12,15-16,18,20-24H2,1-8H3,(H,46,51)/b13-11-/t26-,27-,28-,30-,32+,35+,43-/m1/s1. The monoisotopic (exact) mass is 808 g/mol. The maximum atomic E-state index is 15.1. The van der Waals surface area contributed by atoms with Crippen LogP contribution in [-0.2, 0) is 33.9 Å². The van der Waals surface area contributed by atoms with E-state index in [0.29, 0.717) is 54.6 Å². The molecular formula is C43H60N4O9S. The molecule has 0 bridgehead atoms. The molecule has 14 heteroatoms. The first-order valence-corrected chi connectivity index (χ1v) is 22.2. The minimum atomic E-state index is -3.86. The summed E-state index contributed by atoms with van der Waals surface area (Å²) in [5, 5.41) is -0.602. The van der Waals surface area contributed by atoms with Gasteiger partial charge in [-0.05, 0) is 89.2 Å². The van der Waals surface area contributed by atoms with Gasteiger partial charge in [0, 0.05) is 24.8 Å².